The van der Waals surface area contributed by atoms with E-state index in [1.165, 1.54) is 12.1 Å². The standard InChI is InChI=1S/C14H15BFNO3/c16-14-10-12(6-7-13(14)15(18)19)20-9-3-5-11-4-1-2-8-17-11/h1-2,4,6-8,10,18-19H,3,5,9H2. The van der Waals surface area contributed by atoms with Crippen molar-refractivity contribution in [1.29, 1.82) is 0 Å². The third-order valence-corrected chi connectivity index (χ3v) is 2.82. The van der Waals surface area contributed by atoms with Crippen LogP contribution in [-0.4, -0.2) is 28.8 Å². The quantitative estimate of drug-likeness (QED) is 0.607. The van der Waals surface area contributed by atoms with Crippen molar-refractivity contribution in [3.63, 3.8) is 0 Å². The Morgan fingerprint density at radius 3 is 2.70 bits per heavy atom. The van der Waals surface area contributed by atoms with Crippen LogP contribution < -0.4 is 10.2 Å². The topological polar surface area (TPSA) is 62.6 Å². The summed E-state index contributed by atoms with van der Waals surface area (Å²) in [6, 6.07) is 9.69. The van der Waals surface area contributed by atoms with E-state index in [1.807, 2.05) is 18.2 Å². The van der Waals surface area contributed by atoms with E-state index in [0.29, 0.717) is 12.4 Å². The van der Waals surface area contributed by atoms with Gasteiger partial charge in [0.05, 0.1) is 6.61 Å². The zero-order valence-corrected chi connectivity index (χ0v) is 10.9. The van der Waals surface area contributed by atoms with E-state index in [4.69, 9.17) is 14.8 Å². The highest BCUT2D eigenvalue weighted by Crippen LogP contribution is 2.12. The fraction of sp³-hybridized carbons (Fsp3) is 0.214. The predicted octanol–water partition coefficient (Wildman–Crippen LogP) is 0.912. The fourth-order valence-electron chi connectivity index (χ4n) is 1.80. The first-order valence-corrected chi connectivity index (χ1v) is 6.35. The van der Waals surface area contributed by atoms with E-state index >= 15 is 0 Å². The molecule has 0 fully saturated rings. The number of aryl methyl sites for hydroxylation is 1. The minimum atomic E-state index is -1.81. The van der Waals surface area contributed by atoms with Gasteiger partial charge in [-0.2, -0.15) is 0 Å². The average molecular weight is 275 g/mol. The Morgan fingerprint density at radius 1 is 1.20 bits per heavy atom. The maximum Gasteiger partial charge on any atom is 0.491 e. The number of rotatable bonds is 6. The van der Waals surface area contributed by atoms with Crippen molar-refractivity contribution in [3.05, 3.63) is 54.1 Å². The summed E-state index contributed by atoms with van der Waals surface area (Å²) in [4.78, 5) is 4.20. The largest absolute Gasteiger partial charge is 0.493 e. The Hall–Kier alpha value is -1.92. The summed E-state index contributed by atoms with van der Waals surface area (Å²) in [5.41, 5.74) is 0.826. The van der Waals surface area contributed by atoms with Crippen LogP contribution in [0.25, 0.3) is 0 Å². The van der Waals surface area contributed by atoms with Crippen LogP contribution in [0.1, 0.15) is 12.1 Å². The van der Waals surface area contributed by atoms with E-state index in [0.717, 1.165) is 24.6 Å². The summed E-state index contributed by atoms with van der Waals surface area (Å²) in [6.07, 6.45) is 3.30. The third kappa shape index (κ3) is 4.04. The van der Waals surface area contributed by atoms with Crippen molar-refractivity contribution in [1.82, 2.24) is 4.98 Å². The molecule has 6 heteroatoms. The van der Waals surface area contributed by atoms with Crippen LogP contribution in [0.5, 0.6) is 5.75 Å². The highest BCUT2D eigenvalue weighted by atomic mass is 19.1. The number of aromatic nitrogens is 1. The zero-order chi connectivity index (χ0) is 14.4. The van der Waals surface area contributed by atoms with Gasteiger partial charge < -0.3 is 14.8 Å². The summed E-state index contributed by atoms with van der Waals surface area (Å²) in [5.74, 6) is -0.324. The molecule has 0 aliphatic rings. The Morgan fingerprint density at radius 2 is 2.05 bits per heavy atom. The van der Waals surface area contributed by atoms with Crippen LogP contribution in [0.2, 0.25) is 0 Å². The second kappa shape index (κ2) is 7.02. The van der Waals surface area contributed by atoms with Crippen LogP contribution in [0.15, 0.2) is 42.6 Å². The van der Waals surface area contributed by atoms with Crippen molar-refractivity contribution in [2.45, 2.75) is 12.8 Å². The molecule has 2 aromatic rings. The van der Waals surface area contributed by atoms with Gasteiger partial charge in [0, 0.05) is 23.4 Å². The molecular weight excluding hydrogens is 260 g/mol. The van der Waals surface area contributed by atoms with Crippen molar-refractivity contribution in [2.24, 2.45) is 0 Å². The average Bonchev–Trinajstić information content (AvgIpc) is 2.44. The lowest BCUT2D eigenvalue weighted by Gasteiger charge is -2.08. The second-order valence-corrected chi connectivity index (χ2v) is 4.33. The summed E-state index contributed by atoms with van der Waals surface area (Å²) in [5, 5.41) is 17.8. The molecule has 0 spiro atoms. The van der Waals surface area contributed by atoms with Crippen LogP contribution in [-0.2, 0) is 6.42 Å². The van der Waals surface area contributed by atoms with Gasteiger partial charge >= 0.3 is 7.12 Å². The lowest BCUT2D eigenvalue weighted by atomic mass is 9.80. The number of halogens is 1. The van der Waals surface area contributed by atoms with Crippen LogP contribution >= 0.6 is 0 Å². The Bertz CT molecular complexity index is 551. The van der Waals surface area contributed by atoms with Gasteiger partial charge in [0.25, 0.3) is 0 Å². The van der Waals surface area contributed by atoms with Gasteiger partial charge in [-0.3, -0.25) is 4.98 Å². The highest BCUT2D eigenvalue weighted by Gasteiger charge is 2.16. The molecule has 2 rings (SSSR count). The summed E-state index contributed by atoms with van der Waals surface area (Å²) < 4.78 is 18.9. The van der Waals surface area contributed by atoms with Gasteiger partial charge in [0.1, 0.15) is 11.6 Å². The lowest BCUT2D eigenvalue weighted by molar-refractivity contribution is 0.309. The molecule has 0 aliphatic carbocycles. The molecule has 2 N–H and O–H groups in total. The van der Waals surface area contributed by atoms with E-state index in [2.05, 4.69) is 4.98 Å². The number of pyridine rings is 1. The van der Waals surface area contributed by atoms with Gasteiger partial charge in [-0.05, 0) is 31.0 Å². The van der Waals surface area contributed by atoms with Gasteiger partial charge in [0.15, 0.2) is 0 Å². The van der Waals surface area contributed by atoms with Crippen LogP contribution in [0.3, 0.4) is 0 Å². The van der Waals surface area contributed by atoms with E-state index in [9.17, 15) is 4.39 Å². The van der Waals surface area contributed by atoms with Crippen molar-refractivity contribution in [3.8, 4) is 5.75 Å². The molecule has 0 saturated heterocycles. The number of hydrogen-bond donors (Lipinski definition) is 2. The maximum atomic E-state index is 13.5. The molecule has 1 aromatic carbocycles. The molecule has 0 unspecified atom stereocenters. The number of nitrogens with zero attached hydrogens (tertiary/aromatic N) is 1. The molecule has 1 heterocycles. The van der Waals surface area contributed by atoms with Crippen LogP contribution in [0.4, 0.5) is 4.39 Å². The zero-order valence-electron chi connectivity index (χ0n) is 10.9. The predicted molar refractivity (Wildman–Crippen MR) is 74.3 cm³/mol. The van der Waals surface area contributed by atoms with Crippen molar-refractivity contribution >= 4 is 12.6 Å². The minimum Gasteiger partial charge on any atom is -0.493 e. The summed E-state index contributed by atoms with van der Waals surface area (Å²) >= 11 is 0. The van der Waals surface area contributed by atoms with Gasteiger partial charge in [0.2, 0.25) is 0 Å². The van der Waals surface area contributed by atoms with E-state index < -0.39 is 12.9 Å². The smallest absolute Gasteiger partial charge is 0.491 e. The second-order valence-electron chi connectivity index (χ2n) is 4.33. The number of benzene rings is 1. The monoisotopic (exact) mass is 275 g/mol. The van der Waals surface area contributed by atoms with Gasteiger partial charge in [-0.1, -0.05) is 12.1 Å². The van der Waals surface area contributed by atoms with Crippen molar-refractivity contribution in [2.75, 3.05) is 6.61 Å². The maximum absolute atomic E-state index is 13.5. The molecule has 0 radical (unpaired) electrons. The first-order chi connectivity index (χ1) is 9.66. The first-order valence-electron chi connectivity index (χ1n) is 6.35. The normalized spacial score (nSPS) is 10.3. The minimum absolute atomic E-state index is 0.161. The molecular formula is C14H15BFNO3. The molecule has 20 heavy (non-hydrogen) atoms. The first kappa shape index (κ1) is 14.5. The molecule has 0 saturated carbocycles. The van der Waals surface area contributed by atoms with Crippen LogP contribution in [0, 0.1) is 5.82 Å². The molecule has 0 amide bonds. The molecule has 0 aliphatic heterocycles. The van der Waals surface area contributed by atoms with E-state index in [-0.39, 0.29) is 5.46 Å². The fourth-order valence-corrected chi connectivity index (χ4v) is 1.80. The Balaban J connectivity index is 1.81. The van der Waals surface area contributed by atoms with Crippen molar-refractivity contribution < 1.29 is 19.2 Å². The summed E-state index contributed by atoms with van der Waals surface area (Å²) in [6.45, 7) is 0.442. The molecule has 1 aromatic heterocycles. The van der Waals surface area contributed by atoms with Gasteiger partial charge in [-0.25, -0.2) is 4.39 Å². The summed E-state index contributed by atoms with van der Waals surface area (Å²) in [7, 11) is -1.81. The number of hydrogen-bond acceptors (Lipinski definition) is 4. The SMILES string of the molecule is OB(O)c1ccc(OCCCc2ccccn2)cc1F. The highest BCUT2D eigenvalue weighted by molar-refractivity contribution is 6.58. The van der Waals surface area contributed by atoms with Gasteiger partial charge in [-0.15, -0.1) is 0 Å². The molecule has 4 nitrogen and oxygen atoms in total. The Labute approximate surface area is 117 Å². The molecule has 104 valence electrons. The Kier molecular flexibility index (Phi) is 5.09. The molecule has 0 atom stereocenters. The van der Waals surface area contributed by atoms with E-state index in [1.54, 1.807) is 6.20 Å². The molecule has 0 bridgehead atoms. The number of ether oxygens (including phenoxy) is 1. The third-order valence-electron chi connectivity index (χ3n) is 2.82. The lowest BCUT2D eigenvalue weighted by Crippen LogP contribution is -2.32.